The standard InChI is InChI=1S/C8H13N3O2/c1-3-6(2)9-8(13)11-5-4-7(12)10-11/h4-6H,3H2,1-2H3,(H,9,13)(H,10,12). The van der Waals surface area contributed by atoms with E-state index >= 15 is 0 Å². The van der Waals surface area contributed by atoms with Crippen LogP contribution in [0.3, 0.4) is 0 Å². The highest BCUT2D eigenvalue weighted by atomic mass is 16.2. The van der Waals surface area contributed by atoms with Crippen LogP contribution in [0.4, 0.5) is 4.79 Å². The number of aromatic nitrogens is 2. The van der Waals surface area contributed by atoms with E-state index in [2.05, 4.69) is 10.4 Å². The summed E-state index contributed by atoms with van der Waals surface area (Å²) in [5, 5.41) is 5.07. The predicted molar refractivity (Wildman–Crippen MR) is 48.7 cm³/mol. The summed E-state index contributed by atoms with van der Waals surface area (Å²) in [5.41, 5.74) is -0.278. The van der Waals surface area contributed by atoms with Crippen molar-refractivity contribution in [2.24, 2.45) is 0 Å². The number of carbonyl (C=O) groups is 1. The molecular weight excluding hydrogens is 170 g/mol. The molecule has 5 heteroatoms. The van der Waals surface area contributed by atoms with Gasteiger partial charge in [-0.2, -0.15) is 0 Å². The maximum atomic E-state index is 11.3. The Kier molecular flexibility index (Phi) is 2.89. The van der Waals surface area contributed by atoms with E-state index in [-0.39, 0.29) is 17.6 Å². The molecule has 0 spiro atoms. The fourth-order valence-corrected chi connectivity index (χ4v) is 0.836. The number of hydrogen-bond acceptors (Lipinski definition) is 2. The minimum absolute atomic E-state index is 0.110. The molecule has 2 N–H and O–H groups in total. The lowest BCUT2D eigenvalue weighted by Gasteiger charge is -2.10. The van der Waals surface area contributed by atoms with Crippen molar-refractivity contribution in [3.63, 3.8) is 0 Å². The van der Waals surface area contributed by atoms with E-state index in [4.69, 9.17) is 0 Å². The highest BCUT2D eigenvalue weighted by Crippen LogP contribution is 1.88. The summed E-state index contributed by atoms with van der Waals surface area (Å²) in [4.78, 5) is 22.0. The molecule has 0 bridgehead atoms. The lowest BCUT2D eigenvalue weighted by molar-refractivity contribution is 0.236. The predicted octanol–water partition coefficient (Wildman–Crippen LogP) is 0.533. The van der Waals surface area contributed by atoms with E-state index < -0.39 is 0 Å². The van der Waals surface area contributed by atoms with Crippen molar-refractivity contribution in [3.05, 3.63) is 22.6 Å². The first-order valence-electron chi connectivity index (χ1n) is 4.22. The van der Waals surface area contributed by atoms with Gasteiger partial charge in [-0.05, 0) is 13.3 Å². The Balaban J connectivity index is 2.64. The van der Waals surface area contributed by atoms with Crippen molar-refractivity contribution >= 4 is 6.03 Å². The largest absolute Gasteiger partial charge is 0.340 e. The summed E-state index contributed by atoms with van der Waals surface area (Å²) in [6, 6.07) is 1.10. The molecule has 1 heterocycles. The van der Waals surface area contributed by atoms with Crippen molar-refractivity contribution in [2.75, 3.05) is 0 Å². The number of nitrogens with zero attached hydrogens (tertiary/aromatic N) is 1. The fourth-order valence-electron chi connectivity index (χ4n) is 0.836. The lowest BCUT2D eigenvalue weighted by atomic mass is 10.3. The van der Waals surface area contributed by atoms with Gasteiger partial charge in [0.1, 0.15) is 0 Å². The third kappa shape index (κ3) is 2.47. The smallest absolute Gasteiger partial charge is 0.334 e. The number of nitrogens with one attached hydrogen (secondary N) is 2. The zero-order valence-electron chi connectivity index (χ0n) is 7.70. The normalized spacial score (nSPS) is 12.5. The highest BCUT2D eigenvalue weighted by molar-refractivity contribution is 5.75. The molecule has 0 aromatic carbocycles. The summed E-state index contributed by atoms with van der Waals surface area (Å²) < 4.78 is 1.13. The zero-order chi connectivity index (χ0) is 9.84. The molecule has 0 aliphatic carbocycles. The third-order valence-corrected chi connectivity index (χ3v) is 1.81. The second-order valence-corrected chi connectivity index (χ2v) is 2.92. The minimum atomic E-state index is -0.309. The van der Waals surface area contributed by atoms with Crippen LogP contribution in [0.2, 0.25) is 0 Å². The molecule has 1 unspecified atom stereocenters. The van der Waals surface area contributed by atoms with Gasteiger partial charge in [0.2, 0.25) is 0 Å². The van der Waals surface area contributed by atoms with Crippen LogP contribution in [0.1, 0.15) is 20.3 Å². The van der Waals surface area contributed by atoms with Gasteiger partial charge in [-0.25, -0.2) is 9.48 Å². The molecule has 0 saturated heterocycles. The van der Waals surface area contributed by atoms with Gasteiger partial charge in [0.15, 0.2) is 0 Å². The van der Waals surface area contributed by atoms with Crippen LogP contribution in [-0.4, -0.2) is 21.9 Å². The minimum Gasteiger partial charge on any atom is -0.334 e. The van der Waals surface area contributed by atoms with Gasteiger partial charge in [0, 0.05) is 18.3 Å². The molecule has 5 nitrogen and oxygen atoms in total. The zero-order valence-corrected chi connectivity index (χ0v) is 7.70. The number of carbonyl (C=O) groups excluding carboxylic acids is 1. The molecule has 72 valence electrons. The summed E-state index contributed by atoms with van der Waals surface area (Å²) >= 11 is 0. The summed E-state index contributed by atoms with van der Waals surface area (Å²) in [7, 11) is 0. The molecule has 0 saturated carbocycles. The van der Waals surface area contributed by atoms with Crippen LogP contribution >= 0.6 is 0 Å². The Hall–Kier alpha value is -1.52. The Morgan fingerprint density at radius 1 is 1.77 bits per heavy atom. The molecule has 1 amide bonds. The molecule has 1 rings (SSSR count). The highest BCUT2D eigenvalue weighted by Gasteiger charge is 2.06. The van der Waals surface area contributed by atoms with Crippen molar-refractivity contribution in [1.29, 1.82) is 0 Å². The van der Waals surface area contributed by atoms with Crippen LogP contribution in [0.25, 0.3) is 0 Å². The molecule has 0 fully saturated rings. The summed E-state index contributed by atoms with van der Waals surface area (Å²) in [6.45, 7) is 3.88. The number of amides is 1. The number of hydrogen-bond donors (Lipinski definition) is 2. The SMILES string of the molecule is CCC(C)NC(=O)n1ccc(=O)[nH]1. The van der Waals surface area contributed by atoms with Crippen LogP contribution in [0, 0.1) is 0 Å². The molecule has 13 heavy (non-hydrogen) atoms. The van der Waals surface area contributed by atoms with E-state index in [0.29, 0.717) is 0 Å². The van der Waals surface area contributed by atoms with Gasteiger partial charge in [-0.15, -0.1) is 0 Å². The van der Waals surface area contributed by atoms with Gasteiger partial charge in [-0.1, -0.05) is 6.92 Å². The Labute approximate surface area is 75.7 Å². The molecular formula is C8H13N3O2. The second kappa shape index (κ2) is 3.93. The van der Waals surface area contributed by atoms with E-state index in [0.717, 1.165) is 11.1 Å². The second-order valence-electron chi connectivity index (χ2n) is 2.92. The van der Waals surface area contributed by atoms with E-state index in [1.807, 2.05) is 13.8 Å². The van der Waals surface area contributed by atoms with Gasteiger partial charge in [0.05, 0.1) is 0 Å². The van der Waals surface area contributed by atoms with Crippen LogP contribution in [0.15, 0.2) is 17.1 Å². The first-order valence-corrected chi connectivity index (χ1v) is 4.22. The Morgan fingerprint density at radius 2 is 2.46 bits per heavy atom. The van der Waals surface area contributed by atoms with Crippen molar-refractivity contribution in [1.82, 2.24) is 15.1 Å². The lowest BCUT2D eigenvalue weighted by Crippen LogP contribution is -2.36. The average Bonchev–Trinajstić information content (AvgIpc) is 2.51. The first kappa shape index (κ1) is 9.57. The monoisotopic (exact) mass is 183 g/mol. The quantitative estimate of drug-likeness (QED) is 0.702. The van der Waals surface area contributed by atoms with Gasteiger partial charge < -0.3 is 5.32 Å². The summed E-state index contributed by atoms with van der Waals surface area (Å²) in [5.74, 6) is 0. The maximum absolute atomic E-state index is 11.3. The molecule has 1 aromatic heterocycles. The average molecular weight is 183 g/mol. The number of H-pyrrole nitrogens is 1. The first-order chi connectivity index (χ1) is 6.13. The Morgan fingerprint density at radius 3 is 2.92 bits per heavy atom. The van der Waals surface area contributed by atoms with Gasteiger partial charge >= 0.3 is 6.03 Å². The summed E-state index contributed by atoms with van der Waals surface area (Å²) in [6.07, 6.45) is 2.26. The Bertz CT molecular complexity index is 339. The third-order valence-electron chi connectivity index (χ3n) is 1.81. The van der Waals surface area contributed by atoms with E-state index in [1.54, 1.807) is 0 Å². The number of rotatable bonds is 2. The van der Waals surface area contributed by atoms with Crippen molar-refractivity contribution in [2.45, 2.75) is 26.3 Å². The van der Waals surface area contributed by atoms with Crippen molar-refractivity contribution in [3.8, 4) is 0 Å². The molecule has 1 atom stereocenters. The van der Waals surface area contributed by atoms with E-state index in [1.165, 1.54) is 12.3 Å². The van der Waals surface area contributed by atoms with Crippen LogP contribution < -0.4 is 10.9 Å². The maximum Gasteiger partial charge on any atom is 0.340 e. The molecule has 1 aromatic rings. The van der Waals surface area contributed by atoms with Crippen molar-refractivity contribution < 1.29 is 4.79 Å². The van der Waals surface area contributed by atoms with Gasteiger partial charge in [0.25, 0.3) is 5.56 Å². The fraction of sp³-hybridized carbons (Fsp3) is 0.500. The van der Waals surface area contributed by atoms with Gasteiger partial charge in [-0.3, -0.25) is 9.89 Å². The number of aromatic amines is 1. The molecule has 0 aliphatic heterocycles. The van der Waals surface area contributed by atoms with Crippen LogP contribution in [0.5, 0.6) is 0 Å². The molecule has 0 aliphatic rings. The topological polar surface area (TPSA) is 66.9 Å². The van der Waals surface area contributed by atoms with E-state index in [9.17, 15) is 9.59 Å². The van der Waals surface area contributed by atoms with Crippen LogP contribution in [-0.2, 0) is 0 Å². The molecule has 0 radical (unpaired) electrons.